The summed E-state index contributed by atoms with van der Waals surface area (Å²) in [7, 11) is 0. The maximum Gasteiger partial charge on any atom is 0.416 e. The number of aromatic nitrogens is 4. The average Bonchev–Trinajstić information content (AvgIpc) is 3.44. The van der Waals surface area contributed by atoms with Gasteiger partial charge in [-0.2, -0.15) is 13.2 Å². The predicted octanol–water partition coefficient (Wildman–Crippen LogP) is 0.864. The number of nitrogens with zero attached hydrogens (tertiary/aromatic N) is 5. The summed E-state index contributed by atoms with van der Waals surface area (Å²) < 4.78 is 46.5. The lowest BCUT2D eigenvalue weighted by Gasteiger charge is -2.26. The standard InChI is InChI=1S/C24H28F3N7O5/c25-24(26,27)14-5-1-3-13(9-14)4-2-7-33(8-6-15(28)23(37)38)10-16-18(35)19(36)22(39-16)34-12-32-17-20(29)30-11-31-21(17)34/h1-5,9,11-12,15-16,18-19,22,35-36H,6-8,10,28H2,(H,37,38)(H2,29,30,31)/b4-2+/t15-,16+,18+,19+,22+/m0/s1. The Hall–Kier alpha value is -3.63. The fraction of sp³-hybridized carbons (Fsp3) is 0.417. The van der Waals surface area contributed by atoms with E-state index in [-0.39, 0.29) is 31.9 Å². The molecule has 39 heavy (non-hydrogen) atoms. The summed E-state index contributed by atoms with van der Waals surface area (Å²) in [6, 6.07) is 3.66. The Bertz CT molecular complexity index is 1330. The van der Waals surface area contributed by atoms with Crippen LogP contribution in [-0.2, 0) is 15.7 Å². The zero-order valence-corrected chi connectivity index (χ0v) is 20.5. The number of hydrogen-bond donors (Lipinski definition) is 5. The number of hydrogen-bond acceptors (Lipinski definition) is 10. The Balaban J connectivity index is 1.49. The molecule has 0 unspecified atom stereocenters. The first-order chi connectivity index (χ1) is 18.5. The average molecular weight is 552 g/mol. The summed E-state index contributed by atoms with van der Waals surface area (Å²) in [4.78, 5) is 25.1. The maximum absolute atomic E-state index is 13.0. The molecule has 4 rings (SSSR count). The maximum atomic E-state index is 13.0. The Morgan fingerprint density at radius 2 is 2.00 bits per heavy atom. The highest BCUT2D eigenvalue weighted by Crippen LogP contribution is 2.33. The molecule has 3 aromatic rings. The van der Waals surface area contributed by atoms with E-state index in [0.717, 1.165) is 12.1 Å². The van der Waals surface area contributed by atoms with Crippen LogP contribution in [0.15, 0.2) is 43.0 Å². The van der Waals surface area contributed by atoms with Crippen molar-refractivity contribution >= 4 is 29.0 Å². The molecule has 210 valence electrons. The Morgan fingerprint density at radius 1 is 1.23 bits per heavy atom. The molecular weight excluding hydrogens is 523 g/mol. The quantitative estimate of drug-likeness (QED) is 0.241. The minimum Gasteiger partial charge on any atom is -0.480 e. The lowest BCUT2D eigenvalue weighted by Crippen LogP contribution is -2.42. The first-order valence-corrected chi connectivity index (χ1v) is 11.9. The van der Waals surface area contributed by atoms with Crippen molar-refractivity contribution in [1.82, 2.24) is 24.4 Å². The van der Waals surface area contributed by atoms with Gasteiger partial charge in [0.2, 0.25) is 0 Å². The van der Waals surface area contributed by atoms with Crippen LogP contribution in [0.2, 0.25) is 0 Å². The monoisotopic (exact) mass is 551 g/mol. The van der Waals surface area contributed by atoms with E-state index >= 15 is 0 Å². The highest BCUT2D eigenvalue weighted by Gasteiger charge is 2.44. The largest absolute Gasteiger partial charge is 0.480 e. The van der Waals surface area contributed by atoms with Gasteiger partial charge in [-0.15, -0.1) is 0 Å². The van der Waals surface area contributed by atoms with Crippen LogP contribution in [0.3, 0.4) is 0 Å². The van der Waals surface area contributed by atoms with Gasteiger partial charge in [0.05, 0.1) is 11.9 Å². The van der Waals surface area contributed by atoms with Crippen molar-refractivity contribution in [2.45, 2.75) is 43.2 Å². The zero-order chi connectivity index (χ0) is 28.3. The molecule has 15 heteroatoms. The second-order valence-electron chi connectivity index (χ2n) is 9.15. The molecule has 0 bridgehead atoms. The van der Waals surface area contributed by atoms with E-state index in [4.69, 9.17) is 21.3 Å². The highest BCUT2D eigenvalue weighted by atomic mass is 19.4. The second-order valence-corrected chi connectivity index (χ2v) is 9.15. The lowest BCUT2D eigenvalue weighted by molar-refractivity contribution is -0.139. The van der Waals surface area contributed by atoms with E-state index in [9.17, 15) is 28.2 Å². The lowest BCUT2D eigenvalue weighted by atomic mass is 10.1. The second kappa shape index (κ2) is 11.6. The van der Waals surface area contributed by atoms with E-state index in [2.05, 4.69) is 15.0 Å². The van der Waals surface area contributed by atoms with E-state index < -0.39 is 48.3 Å². The number of aliphatic hydroxyl groups is 2. The molecule has 1 aromatic carbocycles. The van der Waals surface area contributed by atoms with Crippen LogP contribution in [0.1, 0.15) is 23.8 Å². The van der Waals surface area contributed by atoms with Gasteiger partial charge in [0.15, 0.2) is 17.7 Å². The van der Waals surface area contributed by atoms with Gasteiger partial charge in [-0.25, -0.2) is 15.0 Å². The third-order valence-electron chi connectivity index (χ3n) is 6.40. The van der Waals surface area contributed by atoms with Crippen molar-refractivity contribution in [2.24, 2.45) is 5.73 Å². The van der Waals surface area contributed by atoms with Gasteiger partial charge >= 0.3 is 12.1 Å². The number of ether oxygens (including phenoxy) is 1. The predicted molar refractivity (Wildman–Crippen MR) is 133 cm³/mol. The van der Waals surface area contributed by atoms with Gasteiger partial charge in [0.25, 0.3) is 0 Å². The van der Waals surface area contributed by atoms with Crippen molar-refractivity contribution in [3.05, 3.63) is 54.1 Å². The molecular formula is C24H28F3N7O5. The number of benzene rings is 1. The summed E-state index contributed by atoms with van der Waals surface area (Å²) in [5, 5.41) is 30.6. The van der Waals surface area contributed by atoms with Crippen molar-refractivity contribution in [2.75, 3.05) is 25.4 Å². The molecule has 3 heterocycles. The molecule has 7 N–H and O–H groups in total. The van der Waals surface area contributed by atoms with E-state index in [1.54, 1.807) is 11.0 Å². The number of aliphatic hydroxyl groups excluding tert-OH is 2. The number of fused-ring (bicyclic) bond motifs is 1. The first-order valence-electron chi connectivity index (χ1n) is 11.9. The molecule has 1 aliphatic rings. The van der Waals surface area contributed by atoms with Gasteiger partial charge in [0.1, 0.15) is 36.2 Å². The molecule has 12 nitrogen and oxygen atoms in total. The molecule has 1 saturated heterocycles. The number of alkyl halides is 3. The highest BCUT2D eigenvalue weighted by molar-refractivity contribution is 5.81. The fourth-order valence-corrected chi connectivity index (χ4v) is 4.28. The molecule has 5 atom stereocenters. The van der Waals surface area contributed by atoms with Crippen molar-refractivity contribution < 1.29 is 38.0 Å². The van der Waals surface area contributed by atoms with Gasteiger partial charge in [-0.3, -0.25) is 14.3 Å². The molecule has 0 radical (unpaired) electrons. The molecule has 1 fully saturated rings. The van der Waals surface area contributed by atoms with Crippen molar-refractivity contribution in [3.63, 3.8) is 0 Å². The van der Waals surface area contributed by atoms with Crippen LogP contribution in [0.25, 0.3) is 17.2 Å². The van der Waals surface area contributed by atoms with Crippen LogP contribution in [-0.4, -0.2) is 89.7 Å². The van der Waals surface area contributed by atoms with Crippen LogP contribution in [0.5, 0.6) is 0 Å². The third kappa shape index (κ3) is 6.51. The number of nitrogen functional groups attached to an aromatic ring is 1. The molecule has 0 amide bonds. The van der Waals surface area contributed by atoms with Crippen LogP contribution in [0.4, 0.5) is 19.0 Å². The molecule has 1 aliphatic heterocycles. The van der Waals surface area contributed by atoms with Crippen LogP contribution in [0, 0.1) is 0 Å². The summed E-state index contributed by atoms with van der Waals surface area (Å²) in [6.07, 6.45) is -3.35. The van der Waals surface area contributed by atoms with E-state index in [1.165, 1.54) is 35.4 Å². The number of aliphatic carboxylic acids is 1. The Morgan fingerprint density at radius 3 is 2.72 bits per heavy atom. The molecule has 0 aliphatic carbocycles. The van der Waals surface area contributed by atoms with Gasteiger partial charge in [0, 0.05) is 19.6 Å². The fourth-order valence-electron chi connectivity index (χ4n) is 4.28. The zero-order valence-electron chi connectivity index (χ0n) is 20.5. The number of nitrogens with two attached hydrogens (primary N) is 2. The number of imidazole rings is 1. The SMILES string of the molecule is Nc1ncnc2c1ncn2[C@@H]1O[C@H](CN(C/C=C/c2cccc(C(F)(F)F)c2)CC[C@H](N)C(=O)O)[C@@H](O)[C@H]1O. The summed E-state index contributed by atoms with van der Waals surface area (Å²) in [5.74, 6) is -1.05. The topological polar surface area (TPSA) is 186 Å². The molecule has 0 saturated carbocycles. The van der Waals surface area contributed by atoms with Crippen molar-refractivity contribution in [1.29, 1.82) is 0 Å². The number of halogens is 3. The minimum absolute atomic E-state index is 0.0533. The number of rotatable bonds is 10. The Kier molecular flexibility index (Phi) is 8.46. The molecule has 2 aromatic heterocycles. The number of carboxylic acids is 1. The molecule has 0 spiro atoms. The minimum atomic E-state index is -4.48. The van der Waals surface area contributed by atoms with E-state index in [1.807, 2.05) is 0 Å². The number of carbonyl (C=O) groups is 1. The van der Waals surface area contributed by atoms with Crippen LogP contribution >= 0.6 is 0 Å². The summed E-state index contributed by atoms with van der Waals surface area (Å²) in [6.45, 7) is 0.400. The van der Waals surface area contributed by atoms with Gasteiger partial charge < -0.3 is 31.5 Å². The number of carboxylic acid groups (broad SMARTS) is 1. The Labute approximate surface area is 220 Å². The summed E-state index contributed by atoms with van der Waals surface area (Å²) in [5.41, 5.74) is 11.6. The first kappa shape index (κ1) is 28.4. The van der Waals surface area contributed by atoms with Crippen LogP contribution < -0.4 is 11.5 Å². The summed E-state index contributed by atoms with van der Waals surface area (Å²) >= 11 is 0. The van der Waals surface area contributed by atoms with Crippen molar-refractivity contribution in [3.8, 4) is 0 Å². The smallest absolute Gasteiger partial charge is 0.416 e. The number of anilines is 1. The third-order valence-corrected chi connectivity index (χ3v) is 6.40. The van der Waals surface area contributed by atoms with Gasteiger partial charge in [-0.1, -0.05) is 24.3 Å². The van der Waals surface area contributed by atoms with E-state index in [0.29, 0.717) is 16.7 Å². The van der Waals surface area contributed by atoms with Gasteiger partial charge in [-0.05, 0) is 24.1 Å². The normalized spacial score (nSPS) is 22.7.